The molecule has 0 saturated heterocycles. The van der Waals surface area contributed by atoms with Gasteiger partial charge in [-0.15, -0.1) is 10.2 Å². The minimum absolute atomic E-state index is 0.155. The summed E-state index contributed by atoms with van der Waals surface area (Å²) in [5.74, 6) is 0. The van der Waals surface area contributed by atoms with Crippen LogP contribution < -0.4 is 0 Å². The minimum Gasteiger partial charge on any atom is -0.396 e. The van der Waals surface area contributed by atoms with E-state index in [1.54, 1.807) is 12.7 Å². The molecule has 1 N–H and O–H groups in total. The average Bonchev–Trinajstić information content (AvgIpc) is 2.98. The summed E-state index contributed by atoms with van der Waals surface area (Å²) in [6, 6.07) is 0. The number of rotatable bonds is 6. The van der Waals surface area contributed by atoms with Crippen LogP contribution in [-0.2, 0) is 6.54 Å². The van der Waals surface area contributed by atoms with Gasteiger partial charge in [-0.05, 0) is 19.9 Å². The molecule has 2 rings (SSSR count). The van der Waals surface area contributed by atoms with E-state index >= 15 is 0 Å². The molecular weight excluding hydrogens is 216 g/mol. The zero-order valence-corrected chi connectivity index (χ0v) is 10.5. The number of aliphatic hydroxyl groups excluding tert-OH is 1. The summed E-state index contributed by atoms with van der Waals surface area (Å²) in [5.41, 5.74) is 0.155. The first-order valence-electron chi connectivity index (χ1n) is 6.36. The molecule has 0 spiro atoms. The minimum atomic E-state index is 0.155. The Bertz CT molecular complexity index is 319. The first-order valence-corrected chi connectivity index (χ1v) is 6.36. The van der Waals surface area contributed by atoms with Crippen molar-refractivity contribution in [1.82, 2.24) is 19.7 Å². The molecule has 96 valence electrons. The van der Waals surface area contributed by atoms with Gasteiger partial charge in [0.1, 0.15) is 12.7 Å². The Labute approximate surface area is 102 Å². The van der Waals surface area contributed by atoms with E-state index in [4.69, 9.17) is 0 Å². The standard InChI is InChI=1S/C12H22N4O/c1-15(6-7-16-10-13-14-11-16)8-12(9-17)4-2-3-5-12/h10-11,17H,2-9H2,1H3. The Morgan fingerprint density at radius 2 is 1.94 bits per heavy atom. The van der Waals surface area contributed by atoms with Crippen LogP contribution in [0.1, 0.15) is 25.7 Å². The second kappa shape index (κ2) is 5.60. The van der Waals surface area contributed by atoms with Crippen LogP contribution in [0.4, 0.5) is 0 Å². The van der Waals surface area contributed by atoms with Crippen LogP contribution in [0.3, 0.4) is 0 Å². The summed E-state index contributed by atoms with van der Waals surface area (Å²) in [7, 11) is 2.13. The van der Waals surface area contributed by atoms with E-state index in [-0.39, 0.29) is 5.41 Å². The van der Waals surface area contributed by atoms with Crippen LogP contribution in [-0.4, -0.2) is 51.5 Å². The van der Waals surface area contributed by atoms with E-state index in [0.717, 1.165) is 19.6 Å². The molecule has 1 saturated carbocycles. The van der Waals surface area contributed by atoms with Crippen LogP contribution in [0.5, 0.6) is 0 Å². The van der Waals surface area contributed by atoms with Gasteiger partial charge in [0.25, 0.3) is 0 Å². The lowest BCUT2D eigenvalue weighted by molar-refractivity contribution is 0.0876. The third-order valence-corrected chi connectivity index (χ3v) is 3.81. The number of nitrogens with zero attached hydrogens (tertiary/aromatic N) is 4. The Morgan fingerprint density at radius 1 is 1.29 bits per heavy atom. The topological polar surface area (TPSA) is 54.2 Å². The smallest absolute Gasteiger partial charge is 0.119 e. The molecule has 5 heteroatoms. The summed E-state index contributed by atoms with van der Waals surface area (Å²) in [4.78, 5) is 2.31. The van der Waals surface area contributed by atoms with Crippen LogP contribution in [0.2, 0.25) is 0 Å². The van der Waals surface area contributed by atoms with E-state index in [0.29, 0.717) is 6.61 Å². The van der Waals surface area contributed by atoms with E-state index in [9.17, 15) is 5.11 Å². The van der Waals surface area contributed by atoms with Crippen LogP contribution in [0, 0.1) is 5.41 Å². The summed E-state index contributed by atoms with van der Waals surface area (Å²) in [6.45, 7) is 3.19. The molecule has 0 unspecified atom stereocenters. The summed E-state index contributed by atoms with van der Waals surface area (Å²) >= 11 is 0. The summed E-state index contributed by atoms with van der Waals surface area (Å²) < 4.78 is 1.98. The van der Waals surface area contributed by atoms with Crippen molar-refractivity contribution >= 4 is 0 Å². The van der Waals surface area contributed by atoms with Gasteiger partial charge in [-0.2, -0.15) is 0 Å². The Hall–Kier alpha value is -0.940. The fourth-order valence-corrected chi connectivity index (χ4v) is 2.77. The van der Waals surface area contributed by atoms with Crippen LogP contribution >= 0.6 is 0 Å². The zero-order chi connectivity index (χ0) is 12.1. The van der Waals surface area contributed by atoms with Gasteiger partial charge in [0, 0.05) is 31.7 Å². The molecule has 1 aromatic rings. The molecule has 0 amide bonds. The maximum absolute atomic E-state index is 9.57. The lowest BCUT2D eigenvalue weighted by Gasteiger charge is -2.31. The van der Waals surface area contributed by atoms with Crippen molar-refractivity contribution in [1.29, 1.82) is 0 Å². The van der Waals surface area contributed by atoms with Crippen molar-refractivity contribution in [2.45, 2.75) is 32.2 Å². The monoisotopic (exact) mass is 238 g/mol. The van der Waals surface area contributed by atoms with Gasteiger partial charge in [0.15, 0.2) is 0 Å². The SMILES string of the molecule is CN(CCn1cnnc1)CC1(CO)CCCC1. The first-order chi connectivity index (χ1) is 8.24. The Morgan fingerprint density at radius 3 is 2.53 bits per heavy atom. The molecule has 0 radical (unpaired) electrons. The molecule has 5 nitrogen and oxygen atoms in total. The number of aliphatic hydroxyl groups is 1. The highest BCUT2D eigenvalue weighted by molar-refractivity contribution is 4.86. The van der Waals surface area contributed by atoms with Gasteiger partial charge in [0.2, 0.25) is 0 Å². The summed E-state index contributed by atoms with van der Waals surface area (Å²) in [6.07, 6.45) is 8.34. The molecule has 0 aromatic carbocycles. The van der Waals surface area contributed by atoms with Crippen LogP contribution in [0.25, 0.3) is 0 Å². The highest BCUT2D eigenvalue weighted by atomic mass is 16.3. The van der Waals surface area contributed by atoms with Crippen molar-refractivity contribution in [3.8, 4) is 0 Å². The van der Waals surface area contributed by atoms with E-state index in [2.05, 4.69) is 22.1 Å². The number of hydrogen-bond donors (Lipinski definition) is 1. The first kappa shape index (κ1) is 12.5. The lowest BCUT2D eigenvalue weighted by Crippen LogP contribution is -2.37. The quantitative estimate of drug-likeness (QED) is 0.795. The molecule has 0 aliphatic heterocycles. The van der Waals surface area contributed by atoms with E-state index in [1.807, 2.05) is 4.57 Å². The molecule has 1 fully saturated rings. The van der Waals surface area contributed by atoms with Gasteiger partial charge < -0.3 is 14.6 Å². The predicted molar refractivity (Wildman–Crippen MR) is 65.5 cm³/mol. The van der Waals surface area contributed by atoms with Gasteiger partial charge in [-0.1, -0.05) is 12.8 Å². The third-order valence-electron chi connectivity index (χ3n) is 3.81. The fourth-order valence-electron chi connectivity index (χ4n) is 2.77. The Balaban J connectivity index is 1.78. The zero-order valence-electron chi connectivity index (χ0n) is 10.5. The molecule has 1 aliphatic rings. The second-order valence-corrected chi connectivity index (χ2v) is 5.30. The molecule has 1 heterocycles. The van der Waals surface area contributed by atoms with Gasteiger partial charge in [0.05, 0.1) is 0 Å². The van der Waals surface area contributed by atoms with Crippen molar-refractivity contribution in [3.63, 3.8) is 0 Å². The second-order valence-electron chi connectivity index (χ2n) is 5.30. The molecule has 0 atom stereocenters. The summed E-state index contributed by atoms with van der Waals surface area (Å²) in [5, 5.41) is 17.1. The van der Waals surface area contributed by atoms with Crippen molar-refractivity contribution in [2.75, 3.05) is 26.7 Å². The highest BCUT2D eigenvalue weighted by Crippen LogP contribution is 2.37. The lowest BCUT2D eigenvalue weighted by atomic mass is 9.87. The van der Waals surface area contributed by atoms with Gasteiger partial charge in [-0.3, -0.25) is 0 Å². The normalized spacial score (nSPS) is 19.0. The predicted octanol–water partition coefficient (Wildman–Crippen LogP) is 0.763. The van der Waals surface area contributed by atoms with E-state index in [1.165, 1.54) is 25.7 Å². The third kappa shape index (κ3) is 3.26. The van der Waals surface area contributed by atoms with Gasteiger partial charge >= 0.3 is 0 Å². The molecule has 17 heavy (non-hydrogen) atoms. The van der Waals surface area contributed by atoms with Crippen molar-refractivity contribution in [3.05, 3.63) is 12.7 Å². The fraction of sp³-hybridized carbons (Fsp3) is 0.833. The molecule has 0 bridgehead atoms. The number of hydrogen-bond acceptors (Lipinski definition) is 4. The number of aromatic nitrogens is 3. The largest absolute Gasteiger partial charge is 0.396 e. The molecular formula is C12H22N4O. The Kier molecular flexibility index (Phi) is 4.12. The van der Waals surface area contributed by atoms with Crippen molar-refractivity contribution in [2.24, 2.45) is 5.41 Å². The molecule has 1 aromatic heterocycles. The van der Waals surface area contributed by atoms with Gasteiger partial charge in [-0.25, -0.2) is 0 Å². The molecule has 1 aliphatic carbocycles. The average molecular weight is 238 g/mol. The highest BCUT2D eigenvalue weighted by Gasteiger charge is 2.33. The van der Waals surface area contributed by atoms with Crippen molar-refractivity contribution < 1.29 is 5.11 Å². The maximum Gasteiger partial charge on any atom is 0.119 e. The number of likely N-dealkylation sites (N-methyl/N-ethyl adjacent to an activating group) is 1. The van der Waals surface area contributed by atoms with Crippen LogP contribution in [0.15, 0.2) is 12.7 Å². The maximum atomic E-state index is 9.57. The van der Waals surface area contributed by atoms with E-state index < -0.39 is 0 Å².